The molecule has 2 aliphatic carbocycles. The lowest BCUT2D eigenvalue weighted by Gasteiger charge is -2.35. The highest BCUT2D eigenvalue weighted by atomic mass is 35.5. The van der Waals surface area contributed by atoms with Crippen LogP contribution in [0, 0.1) is 0 Å². The third-order valence-electron chi connectivity index (χ3n) is 5.09. The van der Waals surface area contributed by atoms with Crippen LogP contribution in [-0.4, -0.2) is 36.9 Å². The fraction of sp³-hybridized carbons (Fsp3) is 0.500. The Hall–Kier alpha value is -2.12. The minimum absolute atomic E-state index is 0.0136. The van der Waals surface area contributed by atoms with Crippen molar-refractivity contribution in [1.29, 1.82) is 0 Å². The van der Waals surface area contributed by atoms with Gasteiger partial charge in [0.1, 0.15) is 18.2 Å². The van der Waals surface area contributed by atoms with Crippen molar-refractivity contribution >= 4 is 17.5 Å². The number of nitrogens with zero attached hydrogens (tertiary/aromatic N) is 3. The lowest BCUT2D eigenvalue weighted by molar-refractivity contribution is -0.121. The van der Waals surface area contributed by atoms with Gasteiger partial charge in [-0.15, -0.1) is 10.2 Å². The molecular formula is C18H21ClN4O3. The number of aliphatic hydroxyl groups is 1. The molecule has 0 bridgehead atoms. The van der Waals surface area contributed by atoms with Gasteiger partial charge in [0.05, 0.1) is 11.4 Å². The van der Waals surface area contributed by atoms with Crippen LogP contribution in [0.15, 0.2) is 18.2 Å². The topological polar surface area (TPSA) is 100 Å². The second-order valence-corrected chi connectivity index (χ2v) is 7.54. The second kappa shape index (κ2) is 6.89. The third-order valence-corrected chi connectivity index (χ3v) is 5.39. The number of carbonyl (C=O) groups excluding carboxylic acids is 1. The number of benzene rings is 1. The van der Waals surface area contributed by atoms with Crippen molar-refractivity contribution in [2.75, 3.05) is 0 Å². The lowest BCUT2D eigenvalue weighted by atomic mass is 9.79. The highest BCUT2D eigenvalue weighted by Gasteiger charge is 2.38. The smallest absolute Gasteiger partial charge is 0.224 e. The Morgan fingerprint density at radius 1 is 1.31 bits per heavy atom. The second-order valence-electron chi connectivity index (χ2n) is 7.13. The molecule has 0 atom stereocenters. The minimum Gasteiger partial charge on any atom is -0.506 e. The molecule has 0 unspecified atom stereocenters. The summed E-state index contributed by atoms with van der Waals surface area (Å²) in [7, 11) is 0. The van der Waals surface area contributed by atoms with E-state index < -0.39 is 0 Å². The fourth-order valence-electron chi connectivity index (χ4n) is 3.53. The average Bonchev–Trinajstić information content (AvgIpc) is 3.33. The first-order valence-corrected chi connectivity index (χ1v) is 9.24. The van der Waals surface area contributed by atoms with Crippen molar-refractivity contribution in [3.8, 4) is 5.75 Å². The van der Waals surface area contributed by atoms with Crippen molar-refractivity contribution in [1.82, 2.24) is 20.1 Å². The van der Waals surface area contributed by atoms with Gasteiger partial charge in [-0.3, -0.25) is 4.79 Å². The third kappa shape index (κ3) is 3.41. The zero-order valence-electron chi connectivity index (χ0n) is 14.2. The first-order valence-electron chi connectivity index (χ1n) is 8.86. The zero-order valence-corrected chi connectivity index (χ0v) is 15.0. The number of hydrogen-bond acceptors (Lipinski definition) is 5. The summed E-state index contributed by atoms with van der Waals surface area (Å²) in [5.74, 6) is 1.80. The number of hydrogen-bond donors (Lipinski definition) is 3. The average molecular weight is 377 g/mol. The van der Waals surface area contributed by atoms with Crippen molar-refractivity contribution in [2.45, 2.75) is 56.7 Å². The van der Waals surface area contributed by atoms with E-state index in [1.807, 2.05) is 0 Å². The van der Waals surface area contributed by atoms with E-state index in [0.29, 0.717) is 11.9 Å². The molecule has 2 aliphatic rings. The maximum Gasteiger partial charge on any atom is 0.224 e. The number of halogens is 1. The van der Waals surface area contributed by atoms with Crippen LogP contribution in [0.1, 0.15) is 54.9 Å². The molecule has 7 nitrogen and oxygen atoms in total. The SMILES string of the molecule is O=C(Cc1ccc(O)c(Cl)c1)NC1CC(c2nnc(CO)n2C2CC2)C1. The van der Waals surface area contributed by atoms with Gasteiger partial charge in [0.15, 0.2) is 5.82 Å². The molecular weight excluding hydrogens is 356 g/mol. The van der Waals surface area contributed by atoms with E-state index in [9.17, 15) is 15.0 Å². The number of aromatic hydroxyl groups is 1. The van der Waals surface area contributed by atoms with Crippen LogP contribution in [0.2, 0.25) is 5.02 Å². The molecule has 1 aromatic carbocycles. The number of amides is 1. The summed E-state index contributed by atoms with van der Waals surface area (Å²) in [6.07, 6.45) is 4.12. The van der Waals surface area contributed by atoms with Crippen molar-refractivity contribution in [3.63, 3.8) is 0 Å². The van der Waals surface area contributed by atoms with Gasteiger partial charge in [-0.25, -0.2) is 0 Å². The van der Waals surface area contributed by atoms with Gasteiger partial charge in [0, 0.05) is 18.0 Å². The molecule has 4 rings (SSSR count). The molecule has 1 heterocycles. The Balaban J connectivity index is 1.32. The maximum atomic E-state index is 12.2. The summed E-state index contributed by atoms with van der Waals surface area (Å²) in [6, 6.07) is 5.35. The first-order chi connectivity index (χ1) is 12.5. The van der Waals surface area contributed by atoms with Crippen LogP contribution >= 0.6 is 11.6 Å². The molecule has 0 aliphatic heterocycles. The van der Waals surface area contributed by atoms with Gasteiger partial charge in [0.2, 0.25) is 5.91 Å². The van der Waals surface area contributed by atoms with Crippen LogP contribution in [0.25, 0.3) is 0 Å². The lowest BCUT2D eigenvalue weighted by Crippen LogP contribution is -2.44. The Kier molecular flexibility index (Phi) is 4.58. The van der Waals surface area contributed by atoms with Crippen molar-refractivity contribution in [3.05, 3.63) is 40.4 Å². The van der Waals surface area contributed by atoms with Crippen LogP contribution in [-0.2, 0) is 17.8 Å². The predicted molar refractivity (Wildman–Crippen MR) is 94.9 cm³/mol. The summed E-state index contributed by atoms with van der Waals surface area (Å²) >= 11 is 5.87. The molecule has 2 fully saturated rings. The molecule has 2 saturated carbocycles. The van der Waals surface area contributed by atoms with Gasteiger partial charge in [0.25, 0.3) is 0 Å². The summed E-state index contributed by atoms with van der Waals surface area (Å²) in [4.78, 5) is 12.2. The van der Waals surface area contributed by atoms with Gasteiger partial charge in [-0.1, -0.05) is 17.7 Å². The number of rotatable bonds is 6. The van der Waals surface area contributed by atoms with Crippen LogP contribution in [0.4, 0.5) is 0 Å². The van der Waals surface area contributed by atoms with Crippen molar-refractivity contribution in [2.24, 2.45) is 0 Å². The Morgan fingerprint density at radius 3 is 2.73 bits per heavy atom. The zero-order chi connectivity index (χ0) is 18.3. The van der Waals surface area contributed by atoms with E-state index in [1.165, 1.54) is 6.07 Å². The highest BCUT2D eigenvalue weighted by molar-refractivity contribution is 6.32. The Labute approximate surface area is 156 Å². The fourth-order valence-corrected chi connectivity index (χ4v) is 3.73. The van der Waals surface area contributed by atoms with Crippen LogP contribution in [0.3, 0.4) is 0 Å². The number of aliphatic hydroxyl groups excluding tert-OH is 1. The largest absolute Gasteiger partial charge is 0.506 e. The standard InChI is InChI=1S/C18H21ClN4O3/c19-14-5-10(1-4-15(14)25)6-17(26)20-12-7-11(8-12)18-22-21-16(9-24)23(18)13-2-3-13/h1,4-5,11-13,24-25H,2-3,6-9H2,(H,20,26). The summed E-state index contributed by atoms with van der Waals surface area (Å²) in [5, 5.41) is 30.5. The molecule has 1 amide bonds. The van der Waals surface area contributed by atoms with Crippen molar-refractivity contribution < 1.29 is 15.0 Å². The summed E-state index contributed by atoms with van der Waals surface area (Å²) in [5.41, 5.74) is 0.766. The number of phenols is 1. The van der Waals surface area contributed by atoms with Gasteiger partial charge in [-0.2, -0.15) is 0 Å². The van der Waals surface area contributed by atoms with E-state index in [1.54, 1.807) is 12.1 Å². The number of nitrogens with one attached hydrogen (secondary N) is 1. The number of phenolic OH excluding ortho intramolecular Hbond substituents is 1. The Morgan fingerprint density at radius 2 is 2.08 bits per heavy atom. The van der Waals surface area contributed by atoms with Gasteiger partial charge < -0.3 is 20.1 Å². The van der Waals surface area contributed by atoms with E-state index in [4.69, 9.17) is 11.6 Å². The minimum atomic E-state index is -0.0917. The quantitative estimate of drug-likeness (QED) is 0.716. The summed E-state index contributed by atoms with van der Waals surface area (Å²) in [6.45, 7) is -0.0917. The van der Waals surface area contributed by atoms with E-state index in [-0.39, 0.29) is 41.7 Å². The van der Waals surface area contributed by atoms with Gasteiger partial charge in [-0.05, 0) is 43.4 Å². The molecule has 0 saturated heterocycles. The molecule has 1 aromatic heterocycles. The predicted octanol–water partition coefficient (Wildman–Crippen LogP) is 2.07. The van der Waals surface area contributed by atoms with Crippen LogP contribution in [0.5, 0.6) is 5.75 Å². The van der Waals surface area contributed by atoms with E-state index >= 15 is 0 Å². The normalized spacial score (nSPS) is 22.1. The molecule has 0 radical (unpaired) electrons. The molecule has 0 spiro atoms. The molecule has 3 N–H and O–H groups in total. The molecule has 2 aromatic rings. The molecule has 138 valence electrons. The monoisotopic (exact) mass is 376 g/mol. The van der Waals surface area contributed by atoms with Crippen LogP contribution < -0.4 is 5.32 Å². The maximum absolute atomic E-state index is 12.2. The highest BCUT2D eigenvalue weighted by Crippen LogP contribution is 2.42. The Bertz CT molecular complexity index is 828. The number of aromatic nitrogens is 3. The number of carbonyl (C=O) groups is 1. The molecule has 26 heavy (non-hydrogen) atoms. The first kappa shape index (κ1) is 17.3. The van der Waals surface area contributed by atoms with E-state index in [0.717, 1.165) is 37.1 Å². The summed E-state index contributed by atoms with van der Waals surface area (Å²) < 4.78 is 2.08. The molecule has 8 heteroatoms. The van der Waals surface area contributed by atoms with E-state index in [2.05, 4.69) is 20.1 Å². The van der Waals surface area contributed by atoms with Gasteiger partial charge >= 0.3 is 0 Å².